The summed E-state index contributed by atoms with van der Waals surface area (Å²) in [6.45, 7) is 2.09. The van der Waals surface area contributed by atoms with Gasteiger partial charge in [0.2, 0.25) is 10.0 Å². The summed E-state index contributed by atoms with van der Waals surface area (Å²) < 4.78 is 31.2. The van der Waals surface area contributed by atoms with Crippen LogP contribution in [0.15, 0.2) is 23.1 Å². The van der Waals surface area contributed by atoms with Crippen LogP contribution in [-0.4, -0.2) is 51.4 Å². The summed E-state index contributed by atoms with van der Waals surface area (Å²) in [6.07, 6.45) is 5.32. The number of hydrogen-bond donors (Lipinski definition) is 1. The van der Waals surface area contributed by atoms with Crippen LogP contribution in [0.25, 0.3) is 0 Å². The van der Waals surface area contributed by atoms with Crippen molar-refractivity contribution in [3.63, 3.8) is 0 Å². The molecule has 0 atom stereocenters. The number of ether oxygens (including phenoxy) is 1. The van der Waals surface area contributed by atoms with Gasteiger partial charge in [-0.05, 0) is 45.0 Å². The Morgan fingerprint density at radius 3 is 2.52 bits per heavy atom. The molecule has 0 unspecified atom stereocenters. The Hall–Kier alpha value is -1.64. The van der Waals surface area contributed by atoms with E-state index < -0.39 is 16.0 Å². The third-order valence-corrected chi connectivity index (χ3v) is 6.62. The first-order valence-electron chi connectivity index (χ1n) is 8.99. The molecule has 1 aromatic rings. The number of hydrogen-bond acceptors (Lipinski definition) is 5. The van der Waals surface area contributed by atoms with E-state index in [1.165, 1.54) is 25.6 Å². The molecule has 1 aliphatic rings. The number of sulfonamides is 1. The molecule has 0 saturated heterocycles. The molecule has 1 fully saturated rings. The highest BCUT2D eigenvalue weighted by Gasteiger charge is 2.25. The predicted octanol–water partition coefficient (Wildman–Crippen LogP) is 2.59. The average Bonchev–Trinajstić information content (AvgIpc) is 2.67. The fraction of sp³-hybridized carbons (Fsp3) is 0.556. The molecular weight excluding hydrogens is 392 g/mol. The van der Waals surface area contributed by atoms with Gasteiger partial charge in [-0.3, -0.25) is 4.79 Å². The summed E-state index contributed by atoms with van der Waals surface area (Å²) in [4.78, 5) is 26.3. The number of carbonyl (C=O) groups excluding carboxylic acids is 2. The molecule has 0 heterocycles. The quantitative estimate of drug-likeness (QED) is 0.689. The Labute approximate surface area is 165 Å². The van der Waals surface area contributed by atoms with Crippen LogP contribution in [0.1, 0.15) is 49.4 Å². The topological polar surface area (TPSA) is 92.8 Å². The van der Waals surface area contributed by atoms with Crippen molar-refractivity contribution in [1.29, 1.82) is 0 Å². The SMILES string of the molecule is CCN(C(=O)COC(=O)c1ccc(Cl)c(S(=O)(=O)NC)c1)C1CCCCC1. The van der Waals surface area contributed by atoms with Gasteiger partial charge in [-0.2, -0.15) is 0 Å². The summed E-state index contributed by atoms with van der Waals surface area (Å²) in [5.41, 5.74) is 0.0155. The smallest absolute Gasteiger partial charge is 0.338 e. The number of benzene rings is 1. The van der Waals surface area contributed by atoms with Crippen molar-refractivity contribution < 1.29 is 22.7 Å². The molecule has 0 spiro atoms. The normalized spacial score (nSPS) is 15.4. The van der Waals surface area contributed by atoms with E-state index in [1.54, 1.807) is 4.90 Å². The van der Waals surface area contributed by atoms with Crippen molar-refractivity contribution in [2.24, 2.45) is 0 Å². The first-order chi connectivity index (χ1) is 12.8. The van der Waals surface area contributed by atoms with Crippen LogP contribution in [0.4, 0.5) is 0 Å². The molecule has 0 radical (unpaired) electrons. The van der Waals surface area contributed by atoms with Crippen LogP contribution >= 0.6 is 11.6 Å². The molecule has 150 valence electrons. The Balaban J connectivity index is 2.04. The molecule has 0 aromatic heterocycles. The predicted molar refractivity (Wildman–Crippen MR) is 102 cm³/mol. The van der Waals surface area contributed by atoms with E-state index >= 15 is 0 Å². The fourth-order valence-electron chi connectivity index (χ4n) is 3.27. The first kappa shape index (κ1) is 21.7. The number of nitrogens with zero attached hydrogens (tertiary/aromatic N) is 1. The summed E-state index contributed by atoms with van der Waals surface area (Å²) in [7, 11) is -2.56. The zero-order valence-electron chi connectivity index (χ0n) is 15.5. The molecule has 1 amide bonds. The van der Waals surface area contributed by atoms with Crippen LogP contribution in [-0.2, 0) is 19.6 Å². The van der Waals surface area contributed by atoms with Crippen LogP contribution in [0.3, 0.4) is 0 Å². The Bertz CT molecular complexity index is 791. The van der Waals surface area contributed by atoms with Gasteiger partial charge in [0.1, 0.15) is 4.90 Å². The lowest BCUT2D eigenvalue weighted by molar-refractivity contribution is -0.137. The number of rotatable bonds is 7. The largest absolute Gasteiger partial charge is 0.452 e. The molecule has 9 heteroatoms. The maximum Gasteiger partial charge on any atom is 0.338 e. The summed E-state index contributed by atoms with van der Waals surface area (Å²) in [6, 6.07) is 4.00. The standard InChI is InChI=1S/C18H25ClN2O5S/c1-3-21(14-7-5-4-6-8-14)17(22)12-26-18(23)13-9-10-15(19)16(11-13)27(24,25)20-2/h9-11,14,20H,3-8,12H2,1-2H3. The number of nitrogens with one attached hydrogen (secondary N) is 1. The van der Waals surface area contributed by atoms with Crippen LogP contribution < -0.4 is 4.72 Å². The van der Waals surface area contributed by atoms with Crippen LogP contribution in [0.2, 0.25) is 5.02 Å². The molecule has 7 nitrogen and oxygen atoms in total. The molecule has 0 bridgehead atoms. The second kappa shape index (κ2) is 9.52. The molecule has 27 heavy (non-hydrogen) atoms. The average molecular weight is 417 g/mol. The van der Waals surface area contributed by atoms with Gasteiger partial charge in [-0.25, -0.2) is 17.9 Å². The lowest BCUT2D eigenvalue weighted by Gasteiger charge is -2.33. The van der Waals surface area contributed by atoms with Crippen LogP contribution in [0.5, 0.6) is 0 Å². The third-order valence-electron chi connectivity index (χ3n) is 4.73. The zero-order valence-corrected chi connectivity index (χ0v) is 17.1. The van der Waals surface area contributed by atoms with Crippen molar-refractivity contribution in [3.05, 3.63) is 28.8 Å². The maximum absolute atomic E-state index is 12.5. The van der Waals surface area contributed by atoms with Crippen molar-refractivity contribution in [3.8, 4) is 0 Å². The number of halogens is 1. The minimum absolute atomic E-state index is 0.00793. The lowest BCUT2D eigenvalue weighted by atomic mass is 9.94. The summed E-state index contributed by atoms with van der Waals surface area (Å²) in [5.74, 6) is -1.01. The molecule has 2 rings (SSSR count). The number of carbonyl (C=O) groups is 2. The van der Waals surface area contributed by atoms with E-state index in [0.717, 1.165) is 31.7 Å². The van der Waals surface area contributed by atoms with Crippen molar-refractivity contribution in [1.82, 2.24) is 9.62 Å². The highest BCUT2D eigenvalue weighted by atomic mass is 35.5. The summed E-state index contributed by atoms with van der Waals surface area (Å²) >= 11 is 5.91. The molecule has 1 aliphatic carbocycles. The molecule has 1 saturated carbocycles. The second-order valence-electron chi connectivity index (χ2n) is 6.40. The van der Waals surface area contributed by atoms with E-state index in [4.69, 9.17) is 16.3 Å². The van der Waals surface area contributed by atoms with Gasteiger partial charge in [0.15, 0.2) is 6.61 Å². The van der Waals surface area contributed by atoms with Gasteiger partial charge in [-0.15, -0.1) is 0 Å². The van der Waals surface area contributed by atoms with E-state index in [9.17, 15) is 18.0 Å². The Morgan fingerprint density at radius 1 is 1.26 bits per heavy atom. The number of amides is 1. The van der Waals surface area contributed by atoms with Gasteiger partial charge in [0.25, 0.3) is 5.91 Å². The van der Waals surface area contributed by atoms with Crippen molar-refractivity contribution >= 4 is 33.5 Å². The highest BCUT2D eigenvalue weighted by Crippen LogP contribution is 2.24. The second-order valence-corrected chi connectivity index (χ2v) is 8.66. The maximum atomic E-state index is 12.5. The van der Waals surface area contributed by atoms with Gasteiger partial charge in [0, 0.05) is 12.6 Å². The monoisotopic (exact) mass is 416 g/mol. The van der Waals surface area contributed by atoms with E-state index in [0.29, 0.717) is 6.54 Å². The minimum Gasteiger partial charge on any atom is -0.452 e. The number of likely N-dealkylation sites (N-methyl/N-ethyl adjacent to an activating group) is 1. The van der Waals surface area contributed by atoms with Crippen LogP contribution in [0, 0.1) is 0 Å². The summed E-state index contributed by atoms with van der Waals surface area (Å²) in [5, 5.41) is -0.00793. The number of esters is 1. The van der Waals surface area contributed by atoms with E-state index in [2.05, 4.69) is 4.72 Å². The van der Waals surface area contributed by atoms with Crippen molar-refractivity contribution in [2.75, 3.05) is 20.2 Å². The Morgan fingerprint density at radius 2 is 1.93 bits per heavy atom. The molecule has 0 aliphatic heterocycles. The lowest BCUT2D eigenvalue weighted by Crippen LogP contribution is -2.43. The molecular formula is C18H25ClN2O5S. The van der Waals surface area contributed by atoms with Crippen molar-refractivity contribution in [2.45, 2.75) is 50.0 Å². The van der Waals surface area contributed by atoms with Gasteiger partial charge < -0.3 is 9.64 Å². The highest BCUT2D eigenvalue weighted by molar-refractivity contribution is 7.89. The Kier molecular flexibility index (Phi) is 7.64. The molecule has 1 N–H and O–H groups in total. The first-order valence-corrected chi connectivity index (χ1v) is 10.9. The van der Waals surface area contributed by atoms with Gasteiger partial charge >= 0.3 is 5.97 Å². The third kappa shape index (κ3) is 5.43. The van der Waals surface area contributed by atoms with Gasteiger partial charge in [-0.1, -0.05) is 30.9 Å². The minimum atomic E-state index is -3.81. The molecule has 1 aromatic carbocycles. The van der Waals surface area contributed by atoms with E-state index in [-0.39, 0.29) is 34.0 Å². The fourth-order valence-corrected chi connectivity index (χ4v) is 4.52. The van der Waals surface area contributed by atoms with Gasteiger partial charge in [0.05, 0.1) is 10.6 Å². The van der Waals surface area contributed by atoms with E-state index in [1.807, 2.05) is 6.92 Å². The zero-order chi connectivity index (χ0) is 20.0.